The first-order valence-corrected chi connectivity index (χ1v) is 13.0. The van der Waals surface area contributed by atoms with Gasteiger partial charge in [-0.25, -0.2) is 0 Å². The highest BCUT2D eigenvalue weighted by Crippen LogP contribution is 2.31. The van der Waals surface area contributed by atoms with E-state index in [1.165, 1.54) is 30.6 Å². The van der Waals surface area contributed by atoms with Gasteiger partial charge in [-0.05, 0) is 71.8 Å². The van der Waals surface area contributed by atoms with E-state index >= 15 is 0 Å². The average Bonchev–Trinajstić information content (AvgIpc) is 2.97. The molecule has 0 unspecified atom stereocenters. The van der Waals surface area contributed by atoms with E-state index < -0.39 is 6.36 Å². The number of halogens is 3. The summed E-state index contributed by atoms with van der Waals surface area (Å²) in [5.74, 6) is 0.470. The van der Waals surface area contributed by atoms with Crippen LogP contribution in [0.25, 0.3) is 11.1 Å². The molecule has 2 N–H and O–H groups in total. The molecule has 1 saturated heterocycles. The van der Waals surface area contributed by atoms with E-state index in [-0.39, 0.29) is 23.1 Å². The van der Waals surface area contributed by atoms with Crippen molar-refractivity contribution in [2.45, 2.75) is 12.9 Å². The number of amides is 1. The average molecular weight is 581 g/mol. The second-order valence-corrected chi connectivity index (χ2v) is 9.57. The number of carbonyl (C=O) groups is 1. The number of benzene rings is 2. The van der Waals surface area contributed by atoms with Crippen LogP contribution in [0, 0.1) is 0 Å². The van der Waals surface area contributed by atoms with Crippen LogP contribution in [0.3, 0.4) is 0 Å². The van der Waals surface area contributed by atoms with Gasteiger partial charge in [0.2, 0.25) is 0 Å². The van der Waals surface area contributed by atoms with E-state index in [4.69, 9.17) is 4.74 Å². The number of alkyl halides is 3. The summed E-state index contributed by atoms with van der Waals surface area (Å²) in [4.78, 5) is 20.6. The molecule has 42 heavy (non-hydrogen) atoms. The van der Waals surface area contributed by atoms with Crippen molar-refractivity contribution >= 4 is 17.4 Å². The molecule has 10 nitrogen and oxygen atoms in total. The lowest BCUT2D eigenvalue weighted by molar-refractivity contribution is -0.274. The molecule has 0 spiro atoms. The summed E-state index contributed by atoms with van der Waals surface area (Å²) in [5.41, 5.74) is 2.31. The normalized spacial score (nSPS) is 14.0. The first kappa shape index (κ1) is 28.6. The van der Waals surface area contributed by atoms with Crippen LogP contribution in [0.1, 0.15) is 16.1 Å². The van der Waals surface area contributed by atoms with Gasteiger partial charge in [0.25, 0.3) is 5.91 Å². The number of ether oxygens (including phenoxy) is 2. The Bertz CT molecular complexity index is 1530. The Kier molecular flexibility index (Phi) is 8.38. The molecule has 3 heterocycles. The number of piperazine rings is 1. The van der Waals surface area contributed by atoms with Crippen molar-refractivity contribution in [1.82, 2.24) is 20.1 Å². The molecular formula is C29H27F3N6O4. The highest BCUT2D eigenvalue weighted by Gasteiger charge is 2.31. The van der Waals surface area contributed by atoms with Gasteiger partial charge in [0.05, 0.1) is 13.3 Å². The Labute approximate surface area is 239 Å². The summed E-state index contributed by atoms with van der Waals surface area (Å²) in [5, 5.41) is 20.9. The maximum atomic E-state index is 13.0. The van der Waals surface area contributed by atoms with Crippen LogP contribution in [0.15, 0.2) is 73.1 Å². The van der Waals surface area contributed by atoms with Crippen molar-refractivity contribution in [3.8, 4) is 28.4 Å². The second kappa shape index (κ2) is 12.3. The number of aromatic nitrogens is 3. The molecule has 218 valence electrons. The molecule has 0 saturated carbocycles. The SMILES string of the molecule is COc1ccc(NC(=O)c2ccc(N3CCN(Cc4cc(OC(F)(F)F)cc(-c5cncc(O)c5)c4)CC3)nn2)cc1. The van der Waals surface area contributed by atoms with Crippen molar-refractivity contribution < 1.29 is 32.5 Å². The highest BCUT2D eigenvalue weighted by atomic mass is 19.4. The van der Waals surface area contributed by atoms with Gasteiger partial charge in [-0.2, -0.15) is 0 Å². The Morgan fingerprint density at radius 1 is 0.929 bits per heavy atom. The van der Waals surface area contributed by atoms with Gasteiger partial charge < -0.3 is 24.8 Å². The van der Waals surface area contributed by atoms with Crippen LogP contribution in [0.5, 0.6) is 17.2 Å². The van der Waals surface area contributed by atoms with Crippen molar-refractivity contribution in [2.24, 2.45) is 0 Å². The summed E-state index contributed by atoms with van der Waals surface area (Å²) < 4.78 is 48.3. The predicted octanol–water partition coefficient (Wildman–Crippen LogP) is 4.73. The fourth-order valence-electron chi connectivity index (χ4n) is 4.57. The standard InChI is InChI=1S/C29H27F3N6O4/c1-41-24-4-2-22(3-5-24)34-28(40)26-6-7-27(36-35-26)38-10-8-37(9-11-38)18-19-12-20(21-14-23(39)17-33-16-21)15-25(13-19)42-29(30,31)32/h2-7,12-17,39H,8-11,18H2,1H3,(H,34,40). The molecule has 0 radical (unpaired) electrons. The molecule has 0 bridgehead atoms. The fourth-order valence-corrected chi connectivity index (χ4v) is 4.57. The van der Waals surface area contributed by atoms with Gasteiger partial charge in [0.15, 0.2) is 11.5 Å². The van der Waals surface area contributed by atoms with Gasteiger partial charge in [-0.15, -0.1) is 23.4 Å². The number of nitrogens with zero attached hydrogens (tertiary/aromatic N) is 5. The molecule has 13 heteroatoms. The van der Waals surface area contributed by atoms with Crippen molar-refractivity contribution in [1.29, 1.82) is 0 Å². The van der Waals surface area contributed by atoms with E-state index in [0.29, 0.717) is 66.7 Å². The molecule has 2 aromatic heterocycles. The van der Waals surface area contributed by atoms with Crippen molar-refractivity contribution in [3.63, 3.8) is 0 Å². The van der Waals surface area contributed by atoms with Crippen LogP contribution >= 0.6 is 0 Å². The van der Waals surface area contributed by atoms with Crippen LogP contribution < -0.4 is 19.7 Å². The minimum atomic E-state index is -4.84. The maximum absolute atomic E-state index is 13.0. The Morgan fingerprint density at radius 2 is 1.69 bits per heavy atom. The number of hydrogen-bond acceptors (Lipinski definition) is 9. The number of nitrogens with one attached hydrogen (secondary N) is 1. The van der Waals surface area contributed by atoms with Gasteiger partial charge in [-0.3, -0.25) is 14.7 Å². The zero-order valence-corrected chi connectivity index (χ0v) is 22.5. The first-order valence-electron chi connectivity index (χ1n) is 13.0. The zero-order chi connectivity index (χ0) is 29.7. The minimum absolute atomic E-state index is 0.0960. The first-order chi connectivity index (χ1) is 20.1. The summed E-state index contributed by atoms with van der Waals surface area (Å²) >= 11 is 0. The molecule has 5 rings (SSSR count). The molecule has 4 aromatic rings. The van der Waals surface area contributed by atoms with Crippen molar-refractivity contribution in [3.05, 3.63) is 84.3 Å². The topological polar surface area (TPSA) is 113 Å². The molecule has 1 aliphatic rings. The van der Waals surface area contributed by atoms with E-state index in [9.17, 15) is 23.1 Å². The second-order valence-electron chi connectivity index (χ2n) is 9.57. The lowest BCUT2D eigenvalue weighted by atomic mass is 10.0. The third-order valence-corrected chi connectivity index (χ3v) is 6.59. The maximum Gasteiger partial charge on any atom is 0.573 e. The predicted molar refractivity (Wildman–Crippen MR) is 148 cm³/mol. The molecular weight excluding hydrogens is 553 g/mol. The van der Waals surface area contributed by atoms with Gasteiger partial charge in [0, 0.05) is 50.2 Å². The van der Waals surface area contributed by atoms with Crippen LogP contribution in [-0.4, -0.2) is 70.7 Å². The number of anilines is 2. The number of carbonyl (C=O) groups excluding carboxylic acids is 1. The number of hydrogen-bond donors (Lipinski definition) is 2. The smallest absolute Gasteiger partial charge is 0.506 e. The summed E-state index contributed by atoms with van der Waals surface area (Å²) in [6.07, 6.45) is -2.13. The van der Waals surface area contributed by atoms with Gasteiger partial charge >= 0.3 is 6.36 Å². The largest absolute Gasteiger partial charge is 0.573 e. The number of rotatable bonds is 8. The number of pyridine rings is 1. The minimum Gasteiger partial charge on any atom is -0.506 e. The van der Waals surface area contributed by atoms with Gasteiger partial charge in [0.1, 0.15) is 17.2 Å². The van der Waals surface area contributed by atoms with Gasteiger partial charge in [-0.1, -0.05) is 0 Å². The molecule has 1 amide bonds. The quantitative estimate of drug-likeness (QED) is 0.306. The lowest BCUT2D eigenvalue weighted by Gasteiger charge is -2.35. The van der Waals surface area contributed by atoms with Crippen LogP contribution in [0.2, 0.25) is 0 Å². The molecule has 1 fully saturated rings. The van der Waals surface area contributed by atoms with Crippen LogP contribution in [-0.2, 0) is 6.54 Å². The Morgan fingerprint density at radius 3 is 2.33 bits per heavy atom. The Hall–Kier alpha value is -4.91. The van der Waals surface area contributed by atoms with E-state index in [1.807, 2.05) is 4.90 Å². The number of methoxy groups -OCH3 is 1. The fraction of sp³-hybridized carbons (Fsp3) is 0.241. The third-order valence-electron chi connectivity index (χ3n) is 6.59. The van der Waals surface area contributed by atoms with E-state index in [2.05, 4.69) is 30.1 Å². The Balaban J connectivity index is 1.21. The molecule has 1 aliphatic heterocycles. The van der Waals surface area contributed by atoms with E-state index in [0.717, 1.165) is 0 Å². The number of aromatic hydroxyl groups is 1. The molecule has 2 aromatic carbocycles. The monoisotopic (exact) mass is 580 g/mol. The van der Waals surface area contributed by atoms with Crippen molar-refractivity contribution in [2.75, 3.05) is 43.5 Å². The summed E-state index contributed by atoms with van der Waals surface area (Å²) in [6.45, 7) is 2.84. The third kappa shape index (κ3) is 7.43. The molecule has 0 aliphatic carbocycles. The summed E-state index contributed by atoms with van der Waals surface area (Å²) in [7, 11) is 1.56. The lowest BCUT2D eigenvalue weighted by Crippen LogP contribution is -2.46. The highest BCUT2D eigenvalue weighted by molar-refractivity contribution is 6.02. The zero-order valence-electron chi connectivity index (χ0n) is 22.5. The summed E-state index contributed by atoms with van der Waals surface area (Å²) in [6, 6.07) is 16.1. The van der Waals surface area contributed by atoms with E-state index in [1.54, 1.807) is 49.6 Å². The molecule has 0 atom stereocenters. The van der Waals surface area contributed by atoms with Crippen LogP contribution in [0.4, 0.5) is 24.7 Å².